The van der Waals surface area contributed by atoms with E-state index in [1.807, 2.05) is 4.90 Å². The van der Waals surface area contributed by atoms with Crippen LogP contribution in [0.3, 0.4) is 0 Å². The number of hydrogen-bond acceptors (Lipinski definition) is 4. The molecule has 2 atom stereocenters. The molecule has 0 radical (unpaired) electrons. The Morgan fingerprint density at radius 1 is 1.31 bits per heavy atom. The van der Waals surface area contributed by atoms with E-state index in [-0.39, 0.29) is 29.1 Å². The number of likely N-dealkylation sites (tertiary alicyclic amines) is 1. The van der Waals surface area contributed by atoms with Gasteiger partial charge in [0.05, 0.1) is 5.92 Å². The Kier molecular flexibility index (Phi) is 4.95. The van der Waals surface area contributed by atoms with Crippen LogP contribution in [0.2, 0.25) is 0 Å². The van der Waals surface area contributed by atoms with Crippen LogP contribution in [-0.2, 0) is 9.59 Å². The van der Waals surface area contributed by atoms with E-state index in [1.54, 1.807) is 13.0 Å². The molecule has 2 aliphatic rings. The van der Waals surface area contributed by atoms with Gasteiger partial charge in [-0.15, -0.1) is 0 Å². The standard InChI is InChI=1S/C20H29N3O3/c1-12(2)10-15-17(20(15,4)5)19(25)23-8-6-14(7-9-23)18(24)21-16-11-13(3)26-22-16/h10-11,14-15,17H,6-9H2,1-5H3,(H,21,22,24)/t15-,17+/m1/s1. The summed E-state index contributed by atoms with van der Waals surface area (Å²) in [6.45, 7) is 11.6. The van der Waals surface area contributed by atoms with Crippen LogP contribution in [-0.4, -0.2) is 35.0 Å². The molecule has 1 aliphatic carbocycles. The molecule has 0 spiro atoms. The fourth-order valence-electron chi connectivity index (χ4n) is 4.03. The van der Waals surface area contributed by atoms with Crippen LogP contribution < -0.4 is 5.32 Å². The van der Waals surface area contributed by atoms with Crippen molar-refractivity contribution in [1.29, 1.82) is 0 Å². The van der Waals surface area contributed by atoms with Gasteiger partial charge in [0.1, 0.15) is 5.76 Å². The Morgan fingerprint density at radius 3 is 2.50 bits per heavy atom. The van der Waals surface area contributed by atoms with Crippen molar-refractivity contribution in [3.8, 4) is 0 Å². The number of nitrogens with zero attached hydrogens (tertiary/aromatic N) is 2. The Bertz CT molecular complexity index is 722. The van der Waals surface area contributed by atoms with Gasteiger partial charge in [-0.1, -0.05) is 30.7 Å². The molecule has 0 bridgehead atoms. The van der Waals surface area contributed by atoms with Crippen LogP contribution >= 0.6 is 0 Å². The molecule has 1 N–H and O–H groups in total. The van der Waals surface area contributed by atoms with E-state index in [2.05, 4.69) is 44.2 Å². The molecule has 142 valence electrons. The summed E-state index contributed by atoms with van der Waals surface area (Å²) in [7, 11) is 0. The number of rotatable bonds is 4. The Hall–Kier alpha value is -2.11. The van der Waals surface area contributed by atoms with E-state index in [4.69, 9.17) is 4.52 Å². The summed E-state index contributed by atoms with van der Waals surface area (Å²) in [5.41, 5.74) is 1.30. The number of piperidine rings is 1. The van der Waals surface area contributed by atoms with Gasteiger partial charge in [0.25, 0.3) is 0 Å². The van der Waals surface area contributed by atoms with Crippen LogP contribution in [0.5, 0.6) is 0 Å². The molecule has 3 rings (SSSR count). The molecule has 2 fully saturated rings. The van der Waals surface area contributed by atoms with Gasteiger partial charge in [-0.2, -0.15) is 0 Å². The molecule has 1 aromatic heterocycles. The maximum atomic E-state index is 12.9. The van der Waals surface area contributed by atoms with Crippen molar-refractivity contribution >= 4 is 17.6 Å². The van der Waals surface area contributed by atoms with Crippen LogP contribution in [0, 0.1) is 30.1 Å². The lowest BCUT2D eigenvalue weighted by atomic mass is 9.95. The highest BCUT2D eigenvalue weighted by Crippen LogP contribution is 2.60. The average molecular weight is 359 g/mol. The zero-order valence-electron chi connectivity index (χ0n) is 16.3. The highest BCUT2D eigenvalue weighted by atomic mass is 16.5. The summed E-state index contributed by atoms with van der Waals surface area (Å²) in [6.07, 6.45) is 3.60. The molecular formula is C20H29N3O3. The Morgan fingerprint density at radius 2 is 1.96 bits per heavy atom. The summed E-state index contributed by atoms with van der Waals surface area (Å²) < 4.78 is 4.97. The SMILES string of the molecule is CC(C)=C[C@@H]1[C@@H](C(=O)N2CCC(C(=O)Nc3cc(C)on3)CC2)C1(C)C. The molecule has 26 heavy (non-hydrogen) atoms. The highest BCUT2D eigenvalue weighted by molar-refractivity contribution is 5.92. The average Bonchev–Trinajstić information content (AvgIpc) is 2.89. The molecule has 0 unspecified atom stereocenters. The smallest absolute Gasteiger partial charge is 0.228 e. The Balaban J connectivity index is 1.53. The third-order valence-corrected chi connectivity index (χ3v) is 5.75. The zero-order chi connectivity index (χ0) is 19.1. The van der Waals surface area contributed by atoms with Crippen LogP contribution in [0.25, 0.3) is 0 Å². The third kappa shape index (κ3) is 3.69. The topological polar surface area (TPSA) is 75.4 Å². The van der Waals surface area contributed by atoms with E-state index < -0.39 is 0 Å². The van der Waals surface area contributed by atoms with Crippen molar-refractivity contribution in [3.05, 3.63) is 23.5 Å². The first-order valence-electron chi connectivity index (χ1n) is 9.38. The molecule has 1 aromatic rings. The first kappa shape index (κ1) is 18.7. The van der Waals surface area contributed by atoms with Crippen molar-refractivity contribution in [2.45, 2.75) is 47.5 Å². The van der Waals surface area contributed by atoms with Crippen molar-refractivity contribution < 1.29 is 14.1 Å². The second-order valence-electron chi connectivity index (χ2n) is 8.48. The Labute approximate surface area is 155 Å². The van der Waals surface area contributed by atoms with Gasteiger partial charge in [0.2, 0.25) is 11.8 Å². The summed E-state index contributed by atoms with van der Waals surface area (Å²) in [5.74, 6) is 1.63. The number of aryl methyl sites for hydroxylation is 1. The second kappa shape index (κ2) is 6.89. The zero-order valence-corrected chi connectivity index (χ0v) is 16.3. The molecule has 6 nitrogen and oxygen atoms in total. The van der Waals surface area contributed by atoms with Crippen molar-refractivity contribution in [2.75, 3.05) is 18.4 Å². The minimum absolute atomic E-state index is 0.0351. The lowest BCUT2D eigenvalue weighted by Crippen LogP contribution is -2.42. The number of nitrogens with one attached hydrogen (secondary N) is 1. The van der Waals surface area contributed by atoms with Crippen LogP contribution in [0.4, 0.5) is 5.82 Å². The molecule has 1 saturated carbocycles. The largest absolute Gasteiger partial charge is 0.360 e. The lowest BCUT2D eigenvalue weighted by Gasteiger charge is -2.31. The molecule has 1 saturated heterocycles. The van der Waals surface area contributed by atoms with Gasteiger partial charge in [-0.3, -0.25) is 9.59 Å². The summed E-state index contributed by atoms with van der Waals surface area (Å²) in [4.78, 5) is 27.2. The monoisotopic (exact) mass is 359 g/mol. The highest BCUT2D eigenvalue weighted by Gasteiger charge is 2.61. The van der Waals surface area contributed by atoms with Crippen molar-refractivity contribution in [2.24, 2.45) is 23.2 Å². The first-order chi connectivity index (χ1) is 12.2. The second-order valence-corrected chi connectivity index (χ2v) is 8.48. The third-order valence-electron chi connectivity index (χ3n) is 5.75. The van der Waals surface area contributed by atoms with Gasteiger partial charge < -0.3 is 14.7 Å². The molecule has 0 aromatic carbocycles. The van der Waals surface area contributed by atoms with Crippen molar-refractivity contribution in [1.82, 2.24) is 10.1 Å². The summed E-state index contributed by atoms with van der Waals surface area (Å²) >= 11 is 0. The van der Waals surface area contributed by atoms with Gasteiger partial charge in [-0.05, 0) is 44.9 Å². The minimum atomic E-state index is -0.0863. The van der Waals surface area contributed by atoms with E-state index in [1.165, 1.54) is 5.57 Å². The molecular weight excluding hydrogens is 330 g/mol. The first-order valence-corrected chi connectivity index (χ1v) is 9.38. The number of amides is 2. The molecule has 6 heteroatoms. The fraction of sp³-hybridized carbons (Fsp3) is 0.650. The predicted molar refractivity (Wildman–Crippen MR) is 99.4 cm³/mol. The molecule has 2 heterocycles. The lowest BCUT2D eigenvalue weighted by molar-refractivity contribution is -0.136. The van der Waals surface area contributed by atoms with Gasteiger partial charge in [0.15, 0.2) is 5.82 Å². The minimum Gasteiger partial charge on any atom is -0.360 e. The number of carbonyl (C=O) groups is 2. The maximum Gasteiger partial charge on any atom is 0.228 e. The van der Waals surface area contributed by atoms with Gasteiger partial charge in [-0.25, -0.2) is 0 Å². The number of hydrogen-bond donors (Lipinski definition) is 1. The van der Waals surface area contributed by atoms with Crippen LogP contribution in [0.1, 0.15) is 46.3 Å². The van der Waals surface area contributed by atoms with Gasteiger partial charge >= 0.3 is 0 Å². The number of anilines is 1. The predicted octanol–water partition coefficient (Wildman–Crippen LogP) is 3.40. The molecule has 1 aliphatic heterocycles. The number of allylic oxidation sites excluding steroid dienone is 2. The van der Waals surface area contributed by atoms with E-state index in [9.17, 15) is 9.59 Å². The molecule has 2 amide bonds. The normalized spacial score (nSPS) is 24.9. The number of aromatic nitrogens is 1. The van der Waals surface area contributed by atoms with Crippen molar-refractivity contribution in [3.63, 3.8) is 0 Å². The number of carbonyl (C=O) groups excluding carboxylic acids is 2. The van der Waals surface area contributed by atoms with E-state index in [0.717, 1.165) is 0 Å². The van der Waals surface area contributed by atoms with E-state index in [0.29, 0.717) is 43.4 Å². The summed E-state index contributed by atoms with van der Waals surface area (Å²) in [5, 5.41) is 6.59. The van der Waals surface area contributed by atoms with Crippen LogP contribution in [0.15, 0.2) is 22.2 Å². The van der Waals surface area contributed by atoms with Gasteiger partial charge in [0, 0.05) is 25.1 Å². The summed E-state index contributed by atoms with van der Waals surface area (Å²) in [6, 6.07) is 1.70. The van der Waals surface area contributed by atoms with E-state index >= 15 is 0 Å². The fourth-order valence-corrected chi connectivity index (χ4v) is 4.03. The maximum absolute atomic E-state index is 12.9. The quantitative estimate of drug-likeness (QED) is 0.836.